The first-order chi connectivity index (χ1) is 9.10. The molecule has 2 rings (SSSR count). The van der Waals surface area contributed by atoms with Crippen LogP contribution in [0.25, 0.3) is 0 Å². The number of rotatable bonds is 5. The molecule has 1 fully saturated rings. The zero-order valence-electron chi connectivity index (χ0n) is 11.0. The fraction of sp³-hybridized carbons (Fsp3) is 0.429. The molecule has 1 atom stereocenters. The molecule has 1 saturated carbocycles. The van der Waals surface area contributed by atoms with Gasteiger partial charge in [0.05, 0.1) is 6.04 Å². The van der Waals surface area contributed by atoms with E-state index < -0.39 is 6.04 Å². The van der Waals surface area contributed by atoms with E-state index in [0.29, 0.717) is 12.1 Å². The van der Waals surface area contributed by atoms with Gasteiger partial charge in [-0.1, -0.05) is 6.92 Å². The van der Waals surface area contributed by atoms with Crippen molar-refractivity contribution in [2.75, 3.05) is 10.6 Å². The van der Waals surface area contributed by atoms with Crippen molar-refractivity contribution >= 4 is 23.2 Å². The van der Waals surface area contributed by atoms with Crippen LogP contribution in [0.1, 0.15) is 26.2 Å². The lowest BCUT2D eigenvalue weighted by atomic mass is 10.2. The molecule has 0 aromatic heterocycles. The Kier molecular flexibility index (Phi) is 4.16. The maximum absolute atomic E-state index is 11.6. The Morgan fingerprint density at radius 2 is 1.74 bits per heavy atom. The molecule has 2 amide bonds. The van der Waals surface area contributed by atoms with E-state index in [0.717, 1.165) is 18.5 Å². The molecule has 5 heteroatoms. The molecule has 0 spiro atoms. The highest BCUT2D eigenvalue weighted by Gasteiger charge is 2.29. The van der Waals surface area contributed by atoms with Gasteiger partial charge in [0, 0.05) is 17.3 Å². The van der Waals surface area contributed by atoms with Crippen molar-refractivity contribution < 1.29 is 9.59 Å². The molecule has 0 unspecified atom stereocenters. The second-order valence-electron chi connectivity index (χ2n) is 4.84. The van der Waals surface area contributed by atoms with Crippen LogP contribution in [-0.4, -0.2) is 17.9 Å². The molecule has 0 heterocycles. The number of nitrogens with one attached hydrogen (secondary N) is 2. The predicted molar refractivity (Wildman–Crippen MR) is 74.7 cm³/mol. The third-order valence-corrected chi connectivity index (χ3v) is 3.14. The average molecular weight is 261 g/mol. The number of anilines is 2. The van der Waals surface area contributed by atoms with E-state index in [-0.39, 0.29) is 17.7 Å². The van der Waals surface area contributed by atoms with Crippen LogP contribution in [0.15, 0.2) is 24.3 Å². The standard InChI is InChI=1S/C14H19N3O2/c1-2-12(15)14(19)17-11-7-5-10(6-8-11)16-13(18)9-3-4-9/h5-9,12H,2-4,15H2,1H3,(H,16,18)(H,17,19)/t12-/m0/s1. The summed E-state index contributed by atoms with van der Waals surface area (Å²) in [5, 5.41) is 5.57. The van der Waals surface area contributed by atoms with Gasteiger partial charge in [-0.2, -0.15) is 0 Å². The van der Waals surface area contributed by atoms with Crippen molar-refractivity contribution in [1.82, 2.24) is 0 Å². The van der Waals surface area contributed by atoms with Crippen LogP contribution in [0.3, 0.4) is 0 Å². The molecule has 1 aliphatic rings. The molecule has 5 nitrogen and oxygen atoms in total. The highest BCUT2D eigenvalue weighted by Crippen LogP contribution is 2.30. The Balaban J connectivity index is 1.90. The van der Waals surface area contributed by atoms with E-state index >= 15 is 0 Å². The summed E-state index contributed by atoms with van der Waals surface area (Å²) in [7, 11) is 0. The summed E-state index contributed by atoms with van der Waals surface area (Å²) in [6.07, 6.45) is 2.56. The van der Waals surface area contributed by atoms with Gasteiger partial charge in [-0.05, 0) is 43.5 Å². The van der Waals surface area contributed by atoms with E-state index in [4.69, 9.17) is 5.73 Å². The molecule has 0 aliphatic heterocycles. The van der Waals surface area contributed by atoms with Gasteiger partial charge in [-0.3, -0.25) is 9.59 Å². The van der Waals surface area contributed by atoms with Crippen LogP contribution in [0.2, 0.25) is 0 Å². The lowest BCUT2D eigenvalue weighted by molar-refractivity contribution is -0.118. The highest BCUT2D eigenvalue weighted by molar-refractivity contribution is 5.96. The van der Waals surface area contributed by atoms with Gasteiger partial charge < -0.3 is 16.4 Å². The van der Waals surface area contributed by atoms with Crippen LogP contribution in [0.4, 0.5) is 11.4 Å². The second kappa shape index (κ2) is 5.84. The second-order valence-corrected chi connectivity index (χ2v) is 4.84. The van der Waals surface area contributed by atoms with Crippen molar-refractivity contribution in [3.63, 3.8) is 0 Å². The Bertz CT molecular complexity index is 466. The van der Waals surface area contributed by atoms with E-state index in [1.807, 2.05) is 6.92 Å². The third-order valence-electron chi connectivity index (χ3n) is 3.14. The molecule has 19 heavy (non-hydrogen) atoms. The molecular formula is C14H19N3O2. The minimum Gasteiger partial charge on any atom is -0.326 e. The lowest BCUT2D eigenvalue weighted by Crippen LogP contribution is -2.34. The zero-order valence-corrected chi connectivity index (χ0v) is 11.0. The van der Waals surface area contributed by atoms with Crippen molar-refractivity contribution in [2.24, 2.45) is 11.7 Å². The number of hydrogen-bond acceptors (Lipinski definition) is 3. The van der Waals surface area contributed by atoms with Crippen LogP contribution >= 0.6 is 0 Å². The summed E-state index contributed by atoms with van der Waals surface area (Å²) in [5.74, 6) is 0.0592. The molecular weight excluding hydrogens is 242 g/mol. The van der Waals surface area contributed by atoms with Crippen LogP contribution in [-0.2, 0) is 9.59 Å². The van der Waals surface area contributed by atoms with Gasteiger partial charge >= 0.3 is 0 Å². The topological polar surface area (TPSA) is 84.2 Å². The number of carbonyl (C=O) groups excluding carboxylic acids is 2. The maximum Gasteiger partial charge on any atom is 0.241 e. The van der Waals surface area contributed by atoms with E-state index in [1.54, 1.807) is 24.3 Å². The normalized spacial score (nSPS) is 15.7. The van der Waals surface area contributed by atoms with Gasteiger partial charge in [0.1, 0.15) is 0 Å². The smallest absolute Gasteiger partial charge is 0.241 e. The summed E-state index contributed by atoms with van der Waals surface area (Å²) in [6.45, 7) is 1.86. The SMILES string of the molecule is CC[C@H](N)C(=O)Nc1ccc(NC(=O)C2CC2)cc1. The number of hydrogen-bond donors (Lipinski definition) is 3. The molecule has 0 saturated heterocycles. The molecule has 102 valence electrons. The molecule has 0 radical (unpaired) electrons. The Morgan fingerprint density at radius 3 is 2.21 bits per heavy atom. The van der Waals surface area contributed by atoms with Crippen LogP contribution in [0.5, 0.6) is 0 Å². The summed E-state index contributed by atoms with van der Waals surface area (Å²) < 4.78 is 0. The molecule has 4 N–H and O–H groups in total. The van der Waals surface area contributed by atoms with Crippen molar-refractivity contribution in [3.8, 4) is 0 Å². The minimum absolute atomic E-state index is 0.0739. The number of nitrogens with two attached hydrogens (primary N) is 1. The lowest BCUT2D eigenvalue weighted by Gasteiger charge is -2.10. The third kappa shape index (κ3) is 3.79. The Morgan fingerprint density at radius 1 is 1.21 bits per heavy atom. The molecule has 1 aromatic rings. The molecule has 1 aromatic carbocycles. The van der Waals surface area contributed by atoms with E-state index in [1.165, 1.54) is 0 Å². The van der Waals surface area contributed by atoms with Crippen molar-refractivity contribution in [1.29, 1.82) is 0 Å². The quantitative estimate of drug-likeness (QED) is 0.754. The van der Waals surface area contributed by atoms with Crippen LogP contribution in [0, 0.1) is 5.92 Å². The summed E-state index contributed by atoms with van der Waals surface area (Å²) >= 11 is 0. The van der Waals surface area contributed by atoms with Gasteiger partial charge in [0.15, 0.2) is 0 Å². The van der Waals surface area contributed by atoms with Gasteiger partial charge in [0.25, 0.3) is 0 Å². The highest BCUT2D eigenvalue weighted by atomic mass is 16.2. The fourth-order valence-electron chi connectivity index (χ4n) is 1.65. The average Bonchev–Trinajstić information content (AvgIpc) is 3.24. The van der Waals surface area contributed by atoms with Crippen LogP contribution < -0.4 is 16.4 Å². The van der Waals surface area contributed by atoms with E-state index in [9.17, 15) is 9.59 Å². The van der Waals surface area contributed by atoms with E-state index in [2.05, 4.69) is 10.6 Å². The van der Waals surface area contributed by atoms with Gasteiger partial charge in [-0.15, -0.1) is 0 Å². The maximum atomic E-state index is 11.6. The predicted octanol–water partition coefficient (Wildman–Crippen LogP) is 1.71. The van der Waals surface area contributed by atoms with Crippen molar-refractivity contribution in [2.45, 2.75) is 32.2 Å². The summed E-state index contributed by atoms with van der Waals surface area (Å²) in [5.41, 5.74) is 7.06. The van der Waals surface area contributed by atoms with Gasteiger partial charge in [-0.25, -0.2) is 0 Å². The fourth-order valence-corrected chi connectivity index (χ4v) is 1.65. The first kappa shape index (κ1) is 13.5. The molecule has 0 bridgehead atoms. The summed E-state index contributed by atoms with van der Waals surface area (Å²) in [4.78, 5) is 23.2. The Labute approximate surface area is 112 Å². The Hall–Kier alpha value is -1.88. The largest absolute Gasteiger partial charge is 0.326 e. The number of amides is 2. The summed E-state index contributed by atoms with van der Waals surface area (Å²) in [6, 6.07) is 6.56. The zero-order chi connectivity index (χ0) is 13.8. The van der Waals surface area contributed by atoms with Crippen molar-refractivity contribution in [3.05, 3.63) is 24.3 Å². The number of benzene rings is 1. The first-order valence-corrected chi connectivity index (χ1v) is 6.57. The number of carbonyl (C=O) groups is 2. The monoisotopic (exact) mass is 261 g/mol. The minimum atomic E-state index is -0.491. The first-order valence-electron chi connectivity index (χ1n) is 6.57. The molecule has 1 aliphatic carbocycles. The van der Waals surface area contributed by atoms with Gasteiger partial charge in [0.2, 0.25) is 11.8 Å².